The number of rotatable bonds is 5. The number of amides is 1. The average Bonchev–Trinajstić information content (AvgIpc) is 3.26. The maximum atomic E-state index is 11.3. The Bertz CT molecular complexity index is 641. The van der Waals surface area contributed by atoms with Gasteiger partial charge in [0, 0.05) is 26.6 Å². The monoisotopic (exact) mass is 372 g/mol. The third-order valence-electron chi connectivity index (χ3n) is 6.54. The summed E-state index contributed by atoms with van der Waals surface area (Å²) in [7, 11) is 0. The number of nitrogens with one attached hydrogen (secondary N) is 1. The summed E-state index contributed by atoms with van der Waals surface area (Å²) in [6.45, 7) is 4.56. The van der Waals surface area contributed by atoms with Crippen LogP contribution in [0.3, 0.4) is 0 Å². The molecular weight excluding hydrogens is 340 g/mol. The van der Waals surface area contributed by atoms with Gasteiger partial charge in [0.25, 0.3) is 0 Å². The summed E-state index contributed by atoms with van der Waals surface area (Å²) in [5.74, 6) is 2.04. The van der Waals surface area contributed by atoms with Crippen LogP contribution in [0.4, 0.5) is 0 Å². The molecule has 1 amide bonds. The quantitative estimate of drug-likeness (QED) is 0.834. The first-order valence-electron chi connectivity index (χ1n) is 10.5. The number of fused-ring (bicyclic) bond motifs is 1. The molecule has 1 heterocycles. The highest BCUT2D eigenvalue weighted by atomic mass is 16.5. The lowest BCUT2D eigenvalue weighted by molar-refractivity contribution is -0.121. The van der Waals surface area contributed by atoms with Gasteiger partial charge in [-0.2, -0.15) is 0 Å². The van der Waals surface area contributed by atoms with Crippen molar-refractivity contribution in [2.75, 3.05) is 13.1 Å². The van der Waals surface area contributed by atoms with Crippen molar-refractivity contribution in [3.05, 3.63) is 29.8 Å². The number of ether oxygens (including phenoxy) is 1. The van der Waals surface area contributed by atoms with Crippen molar-refractivity contribution in [1.29, 1.82) is 0 Å². The molecule has 27 heavy (non-hydrogen) atoms. The number of benzene rings is 1. The van der Waals surface area contributed by atoms with Gasteiger partial charge < -0.3 is 15.2 Å². The van der Waals surface area contributed by atoms with Crippen LogP contribution in [0.2, 0.25) is 0 Å². The van der Waals surface area contributed by atoms with Crippen molar-refractivity contribution in [2.45, 2.75) is 70.2 Å². The zero-order valence-electron chi connectivity index (χ0n) is 16.3. The van der Waals surface area contributed by atoms with Gasteiger partial charge in [-0.15, -0.1) is 0 Å². The Labute approximate surface area is 162 Å². The molecule has 3 aliphatic rings. The van der Waals surface area contributed by atoms with Gasteiger partial charge in [-0.3, -0.25) is 9.69 Å². The van der Waals surface area contributed by atoms with Gasteiger partial charge in [0.1, 0.15) is 5.75 Å². The van der Waals surface area contributed by atoms with E-state index in [4.69, 9.17) is 4.74 Å². The van der Waals surface area contributed by atoms with Gasteiger partial charge >= 0.3 is 0 Å². The van der Waals surface area contributed by atoms with Gasteiger partial charge in [0.2, 0.25) is 5.91 Å². The number of carbonyl (C=O) groups excluding carboxylic acids is 1. The van der Waals surface area contributed by atoms with Crippen molar-refractivity contribution >= 4 is 5.91 Å². The smallest absolute Gasteiger partial charge is 0.217 e. The summed E-state index contributed by atoms with van der Waals surface area (Å²) in [6, 6.07) is 8.49. The lowest BCUT2D eigenvalue weighted by atomic mass is 9.77. The summed E-state index contributed by atoms with van der Waals surface area (Å²) >= 11 is 0. The molecule has 5 nitrogen and oxygen atoms in total. The molecule has 0 aromatic heterocycles. The van der Waals surface area contributed by atoms with E-state index in [1.54, 1.807) is 0 Å². The van der Waals surface area contributed by atoms with Crippen molar-refractivity contribution in [3.63, 3.8) is 0 Å². The largest absolute Gasteiger partial charge is 0.490 e. The molecule has 0 bridgehead atoms. The number of hydrogen-bond acceptors (Lipinski definition) is 4. The van der Waals surface area contributed by atoms with Crippen molar-refractivity contribution < 1.29 is 14.6 Å². The molecule has 2 aliphatic carbocycles. The fourth-order valence-corrected chi connectivity index (χ4v) is 5.20. The molecule has 148 valence electrons. The summed E-state index contributed by atoms with van der Waals surface area (Å²) < 4.78 is 6.06. The van der Waals surface area contributed by atoms with Crippen LogP contribution in [0.1, 0.15) is 51.0 Å². The van der Waals surface area contributed by atoms with Crippen molar-refractivity contribution in [2.24, 2.45) is 11.8 Å². The highest BCUT2D eigenvalue weighted by Crippen LogP contribution is 2.37. The first kappa shape index (κ1) is 18.8. The molecule has 0 spiro atoms. The maximum absolute atomic E-state index is 11.3. The van der Waals surface area contributed by atoms with E-state index in [2.05, 4.69) is 34.5 Å². The second-order valence-electron chi connectivity index (χ2n) is 8.73. The minimum absolute atomic E-state index is 0.0488. The predicted octanol–water partition coefficient (Wildman–Crippen LogP) is 2.72. The van der Waals surface area contributed by atoms with Gasteiger partial charge in [0.15, 0.2) is 0 Å². The number of aliphatic hydroxyl groups is 1. The Balaban J connectivity index is 1.30. The molecule has 1 aromatic carbocycles. The number of hydrogen-bond donors (Lipinski definition) is 2. The zero-order valence-corrected chi connectivity index (χ0v) is 16.3. The zero-order chi connectivity index (χ0) is 18.8. The van der Waals surface area contributed by atoms with Crippen LogP contribution < -0.4 is 10.1 Å². The third kappa shape index (κ3) is 4.64. The molecule has 1 aliphatic heterocycles. The number of carbonyl (C=O) groups is 1. The van der Waals surface area contributed by atoms with Crippen molar-refractivity contribution in [1.82, 2.24) is 10.2 Å². The molecule has 3 fully saturated rings. The highest BCUT2D eigenvalue weighted by Gasteiger charge is 2.41. The SMILES string of the molecule is CC(=O)N[C@@H]1C[C@@H]2CN(Cc3ccc(OC4CCCC4)cc3)C[C@@H]2C[C@H]1O. The summed E-state index contributed by atoms with van der Waals surface area (Å²) in [6.07, 6.45) is 6.61. The Hall–Kier alpha value is -1.59. The van der Waals surface area contributed by atoms with Gasteiger partial charge in [-0.05, 0) is 68.1 Å². The van der Waals surface area contributed by atoms with E-state index in [1.807, 2.05) is 0 Å². The van der Waals surface area contributed by atoms with Crippen LogP contribution in [0.15, 0.2) is 24.3 Å². The molecule has 5 heteroatoms. The summed E-state index contributed by atoms with van der Waals surface area (Å²) in [4.78, 5) is 13.8. The summed E-state index contributed by atoms with van der Waals surface area (Å²) in [5.41, 5.74) is 1.31. The van der Waals surface area contributed by atoms with Crippen LogP contribution in [0.25, 0.3) is 0 Å². The van der Waals surface area contributed by atoms with Gasteiger partial charge in [-0.1, -0.05) is 12.1 Å². The first-order valence-corrected chi connectivity index (χ1v) is 10.5. The van der Waals surface area contributed by atoms with E-state index in [1.165, 1.54) is 38.2 Å². The Morgan fingerprint density at radius 2 is 1.81 bits per heavy atom. The normalized spacial score (nSPS) is 31.6. The molecule has 0 radical (unpaired) electrons. The highest BCUT2D eigenvalue weighted by molar-refractivity contribution is 5.73. The standard InChI is InChI=1S/C22H32N2O3/c1-15(25)23-21-10-17-13-24(14-18(17)11-22(21)26)12-16-6-8-20(9-7-16)27-19-4-2-3-5-19/h6-9,17-19,21-22,26H,2-5,10-14H2,1H3,(H,23,25)/t17-,18+,21-,22-/m1/s1. The van der Waals surface area contributed by atoms with Gasteiger partial charge in [0.05, 0.1) is 18.2 Å². The maximum Gasteiger partial charge on any atom is 0.217 e. The van der Waals surface area contributed by atoms with E-state index in [-0.39, 0.29) is 11.9 Å². The average molecular weight is 373 g/mol. The topological polar surface area (TPSA) is 61.8 Å². The molecule has 2 N–H and O–H groups in total. The van der Waals surface area contributed by atoms with Crippen LogP contribution in [-0.4, -0.2) is 47.3 Å². The Morgan fingerprint density at radius 3 is 2.48 bits per heavy atom. The number of nitrogens with zero attached hydrogens (tertiary/aromatic N) is 1. The van der Waals surface area contributed by atoms with E-state index in [0.717, 1.165) is 38.2 Å². The lowest BCUT2D eigenvalue weighted by Gasteiger charge is -2.35. The minimum Gasteiger partial charge on any atom is -0.490 e. The van der Waals surface area contributed by atoms with E-state index in [9.17, 15) is 9.90 Å². The number of aliphatic hydroxyl groups excluding tert-OH is 1. The number of likely N-dealkylation sites (tertiary alicyclic amines) is 1. The fourth-order valence-electron chi connectivity index (χ4n) is 5.20. The first-order chi connectivity index (χ1) is 13.1. The van der Waals surface area contributed by atoms with Gasteiger partial charge in [-0.25, -0.2) is 0 Å². The molecule has 4 rings (SSSR count). The molecule has 1 aromatic rings. The van der Waals surface area contributed by atoms with E-state index in [0.29, 0.717) is 17.9 Å². The third-order valence-corrected chi connectivity index (χ3v) is 6.54. The second-order valence-corrected chi connectivity index (χ2v) is 8.73. The minimum atomic E-state index is -0.415. The molecule has 1 saturated heterocycles. The lowest BCUT2D eigenvalue weighted by Crippen LogP contribution is -2.48. The molecular formula is C22H32N2O3. The van der Waals surface area contributed by atoms with E-state index >= 15 is 0 Å². The van der Waals surface area contributed by atoms with Crippen LogP contribution in [0.5, 0.6) is 5.75 Å². The fraction of sp³-hybridized carbons (Fsp3) is 0.682. The summed E-state index contributed by atoms with van der Waals surface area (Å²) in [5, 5.41) is 13.3. The van der Waals surface area contributed by atoms with Crippen LogP contribution in [0, 0.1) is 11.8 Å². The van der Waals surface area contributed by atoms with E-state index < -0.39 is 6.10 Å². The Kier molecular flexibility index (Phi) is 5.69. The Morgan fingerprint density at radius 1 is 1.15 bits per heavy atom. The second kappa shape index (κ2) is 8.19. The van der Waals surface area contributed by atoms with Crippen molar-refractivity contribution in [3.8, 4) is 5.75 Å². The molecule has 2 saturated carbocycles. The van der Waals surface area contributed by atoms with Crippen LogP contribution in [-0.2, 0) is 11.3 Å². The predicted molar refractivity (Wildman–Crippen MR) is 104 cm³/mol. The molecule has 4 atom stereocenters. The molecule has 0 unspecified atom stereocenters. The van der Waals surface area contributed by atoms with Crippen LogP contribution >= 0.6 is 0 Å².